The zero-order valence-corrected chi connectivity index (χ0v) is 9.26. The highest BCUT2D eigenvalue weighted by Gasteiger charge is 2.03. The van der Waals surface area contributed by atoms with E-state index in [1.54, 1.807) is 12.1 Å². The molecule has 16 heavy (non-hydrogen) atoms. The minimum absolute atomic E-state index is 0.0244. The molecule has 1 rings (SSSR count). The summed E-state index contributed by atoms with van der Waals surface area (Å²) in [4.78, 5) is 10.2. The molecule has 0 spiro atoms. The third-order valence-electron chi connectivity index (χ3n) is 1.88. The van der Waals surface area contributed by atoms with E-state index in [0.717, 1.165) is 5.56 Å². The summed E-state index contributed by atoms with van der Waals surface area (Å²) >= 11 is 1.45. The molecule has 0 heterocycles. The van der Waals surface area contributed by atoms with Crippen LogP contribution in [0.1, 0.15) is 17.5 Å². The van der Waals surface area contributed by atoms with Crippen LogP contribution in [0.15, 0.2) is 18.2 Å². The minimum Gasteiger partial charge on any atom is -0.481 e. The van der Waals surface area contributed by atoms with Gasteiger partial charge in [-0.3, -0.25) is 4.79 Å². The molecule has 1 N–H and O–H groups in total. The van der Waals surface area contributed by atoms with Crippen LogP contribution in [0.25, 0.3) is 0 Å². The van der Waals surface area contributed by atoms with E-state index in [0.29, 0.717) is 11.5 Å². The number of carboxylic acid groups (broad SMARTS) is 1. The van der Waals surface area contributed by atoms with Crippen molar-refractivity contribution >= 4 is 17.7 Å². The van der Waals surface area contributed by atoms with Gasteiger partial charge in [-0.2, -0.15) is 17.0 Å². The average molecular weight is 239 g/mol. The molecule has 3 nitrogen and oxygen atoms in total. The van der Waals surface area contributed by atoms with E-state index in [1.165, 1.54) is 23.9 Å². The summed E-state index contributed by atoms with van der Waals surface area (Å²) in [6.07, 6.45) is 0.108. The predicted molar refractivity (Wildman–Crippen MR) is 59.5 cm³/mol. The average Bonchev–Trinajstić information content (AvgIpc) is 2.26. The first-order valence-electron chi connectivity index (χ1n) is 4.61. The number of carboxylic acids is 1. The first-order valence-corrected chi connectivity index (χ1v) is 5.77. The van der Waals surface area contributed by atoms with Gasteiger partial charge in [0.2, 0.25) is 0 Å². The molecule has 0 aliphatic heterocycles. The van der Waals surface area contributed by atoms with Crippen molar-refractivity contribution in [3.63, 3.8) is 0 Å². The number of nitrogens with zero attached hydrogens (tertiary/aromatic N) is 1. The van der Waals surface area contributed by atoms with Crippen molar-refractivity contribution in [3.8, 4) is 6.07 Å². The van der Waals surface area contributed by atoms with Crippen LogP contribution in [-0.4, -0.2) is 16.8 Å². The second kappa shape index (κ2) is 6.13. The lowest BCUT2D eigenvalue weighted by Gasteiger charge is -2.01. The Hall–Kier alpha value is -1.54. The number of aliphatic carboxylic acids is 1. The van der Waals surface area contributed by atoms with Gasteiger partial charge in [-0.05, 0) is 17.7 Å². The quantitative estimate of drug-likeness (QED) is 0.801. The number of hydrogen-bond acceptors (Lipinski definition) is 3. The molecule has 0 saturated heterocycles. The third-order valence-corrected chi connectivity index (χ3v) is 2.91. The molecule has 0 aromatic heterocycles. The van der Waals surface area contributed by atoms with Gasteiger partial charge in [-0.25, -0.2) is 4.39 Å². The lowest BCUT2D eigenvalue weighted by molar-refractivity contribution is -0.136. The third kappa shape index (κ3) is 3.91. The van der Waals surface area contributed by atoms with Crippen molar-refractivity contribution in [1.29, 1.82) is 5.26 Å². The van der Waals surface area contributed by atoms with Crippen molar-refractivity contribution < 1.29 is 14.3 Å². The van der Waals surface area contributed by atoms with Crippen LogP contribution in [0.2, 0.25) is 0 Å². The van der Waals surface area contributed by atoms with Crippen molar-refractivity contribution in [1.82, 2.24) is 0 Å². The maximum absolute atomic E-state index is 13.0. The monoisotopic (exact) mass is 239 g/mol. The Morgan fingerprint density at radius 3 is 2.94 bits per heavy atom. The zero-order chi connectivity index (χ0) is 12.0. The highest BCUT2D eigenvalue weighted by atomic mass is 32.2. The van der Waals surface area contributed by atoms with E-state index in [9.17, 15) is 9.18 Å². The van der Waals surface area contributed by atoms with Gasteiger partial charge in [0, 0.05) is 11.5 Å². The van der Waals surface area contributed by atoms with Gasteiger partial charge in [-0.15, -0.1) is 0 Å². The summed E-state index contributed by atoms with van der Waals surface area (Å²) in [6.45, 7) is 0. The maximum Gasteiger partial charge on any atom is 0.304 e. The molecule has 1 aromatic rings. The number of hydrogen-bond donors (Lipinski definition) is 1. The molecule has 0 bridgehead atoms. The summed E-state index contributed by atoms with van der Waals surface area (Å²) in [5.74, 6) is -0.261. The van der Waals surface area contributed by atoms with Crippen LogP contribution in [-0.2, 0) is 10.5 Å². The number of benzene rings is 1. The lowest BCUT2D eigenvalue weighted by atomic mass is 10.1. The van der Waals surface area contributed by atoms with Crippen LogP contribution in [0.3, 0.4) is 0 Å². The number of carbonyl (C=O) groups is 1. The summed E-state index contributed by atoms with van der Waals surface area (Å²) in [5, 5.41) is 17.0. The van der Waals surface area contributed by atoms with Gasteiger partial charge in [0.15, 0.2) is 0 Å². The van der Waals surface area contributed by atoms with E-state index in [4.69, 9.17) is 10.4 Å². The van der Waals surface area contributed by atoms with E-state index >= 15 is 0 Å². The van der Waals surface area contributed by atoms with Gasteiger partial charge >= 0.3 is 5.97 Å². The Morgan fingerprint density at radius 1 is 1.56 bits per heavy atom. The van der Waals surface area contributed by atoms with Crippen LogP contribution in [0.4, 0.5) is 4.39 Å². The summed E-state index contributed by atoms with van der Waals surface area (Å²) in [5.41, 5.74) is 0.852. The van der Waals surface area contributed by atoms with Crippen LogP contribution >= 0.6 is 11.8 Å². The molecule has 5 heteroatoms. The summed E-state index contributed by atoms with van der Waals surface area (Å²) in [7, 11) is 0. The van der Waals surface area contributed by atoms with Gasteiger partial charge in [0.05, 0.1) is 12.0 Å². The van der Waals surface area contributed by atoms with Crippen molar-refractivity contribution in [2.75, 3.05) is 5.75 Å². The highest BCUT2D eigenvalue weighted by molar-refractivity contribution is 7.98. The maximum atomic E-state index is 13.0. The van der Waals surface area contributed by atoms with Crippen molar-refractivity contribution in [2.45, 2.75) is 12.2 Å². The largest absolute Gasteiger partial charge is 0.481 e. The summed E-state index contributed by atoms with van der Waals surface area (Å²) in [6, 6.07) is 6.11. The molecular formula is C11H10FNO2S. The second-order valence-electron chi connectivity index (χ2n) is 3.12. The molecule has 0 fully saturated rings. The Kier molecular flexibility index (Phi) is 4.80. The molecule has 0 aliphatic rings. The standard InChI is InChI=1S/C11H10FNO2S/c12-10-2-1-8(5-9(10)6-13)7-16-4-3-11(14)15/h1-2,5H,3-4,7H2,(H,14,15). The van der Waals surface area contributed by atoms with Crippen LogP contribution in [0.5, 0.6) is 0 Å². The fourth-order valence-corrected chi connectivity index (χ4v) is 1.98. The Labute approximate surface area is 96.9 Å². The first-order chi connectivity index (χ1) is 7.63. The Balaban J connectivity index is 2.49. The van der Waals surface area contributed by atoms with Gasteiger partial charge in [0.25, 0.3) is 0 Å². The minimum atomic E-state index is -0.829. The Bertz CT molecular complexity index is 428. The first kappa shape index (κ1) is 12.5. The number of rotatable bonds is 5. The van der Waals surface area contributed by atoms with Gasteiger partial charge < -0.3 is 5.11 Å². The van der Waals surface area contributed by atoms with E-state index in [1.807, 2.05) is 0 Å². The van der Waals surface area contributed by atoms with Crippen molar-refractivity contribution in [2.24, 2.45) is 0 Å². The zero-order valence-electron chi connectivity index (χ0n) is 8.44. The topological polar surface area (TPSA) is 61.1 Å². The van der Waals surface area contributed by atoms with Crippen molar-refractivity contribution in [3.05, 3.63) is 35.1 Å². The lowest BCUT2D eigenvalue weighted by Crippen LogP contribution is -1.96. The van der Waals surface area contributed by atoms with E-state index < -0.39 is 11.8 Å². The smallest absolute Gasteiger partial charge is 0.304 e. The predicted octanol–water partition coefficient (Wildman–Crippen LogP) is 2.41. The molecule has 0 aliphatic carbocycles. The Morgan fingerprint density at radius 2 is 2.31 bits per heavy atom. The van der Waals surface area contributed by atoms with E-state index in [2.05, 4.69) is 0 Å². The molecule has 1 aromatic carbocycles. The SMILES string of the molecule is N#Cc1cc(CSCCC(=O)O)ccc1F. The molecule has 0 saturated carbocycles. The number of thioether (sulfide) groups is 1. The number of halogens is 1. The molecule has 0 amide bonds. The highest BCUT2D eigenvalue weighted by Crippen LogP contribution is 2.16. The molecule has 0 radical (unpaired) electrons. The van der Waals surface area contributed by atoms with Gasteiger partial charge in [0.1, 0.15) is 11.9 Å². The fourth-order valence-electron chi connectivity index (χ4n) is 1.10. The second-order valence-corrected chi connectivity index (χ2v) is 4.23. The molecule has 0 atom stereocenters. The van der Waals surface area contributed by atoms with Crippen LogP contribution in [0, 0.1) is 17.1 Å². The van der Waals surface area contributed by atoms with Gasteiger partial charge in [-0.1, -0.05) is 6.07 Å². The molecular weight excluding hydrogens is 229 g/mol. The summed E-state index contributed by atoms with van der Waals surface area (Å²) < 4.78 is 13.0. The fraction of sp³-hybridized carbons (Fsp3) is 0.273. The van der Waals surface area contributed by atoms with Crippen LogP contribution < -0.4 is 0 Å². The van der Waals surface area contributed by atoms with E-state index in [-0.39, 0.29) is 12.0 Å². The molecule has 0 unspecified atom stereocenters. The molecule has 84 valence electrons. The number of nitriles is 1. The normalized spacial score (nSPS) is 9.75.